The summed E-state index contributed by atoms with van der Waals surface area (Å²) in [5.74, 6) is 0.760. The van der Waals surface area contributed by atoms with Gasteiger partial charge in [0.05, 0.1) is 17.1 Å². The molecule has 22 heavy (non-hydrogen) atoms. The Labute approximate surface area is 136 Å². The summed E-state index contributed by atoms with van der Waals surface area (Å²) < 4.78 is 2.72. The smallest absolute Gasteiger partial charge is 0.217 e. The number of halogens is 1. The van der Waals surface area contributed by atoms with Gasteiger partial charge < -0.3 is 5.32 Å². The summed E-state index contributed by atoms with van der Waals surface area (Å²) in [6, 6.07) is 11.7. The number of nitrogens with zero attached hydrogens (tertiary/aromatic N) is 3. The number of carbonyl (C=O) groups excluding carboxylic acids is 1. The van der Waals surface area contributed by atoms with Gasteiger partial charge in [-0.1, -0.05) is 12.1 Å². The zero-order valence-electron chi connectivity index (χ0n) is 12.2. The minimum absolute atomic E-state index is 0.0449. The largest absolute Gasteiger partial charge is 0.350 e. The van der Waals surface area contributed by atoms with Crippen LogP contribution >= 0.6 is 15.9 Å². The maximum atomic E-state index is 11.2. The molecule has 0 saturated heterocycles. The van der Waals surface area contributed by atoms with Crippen LogP contribution in [-0.4, -0.2) is 20.4 Å². The topological polar surface area (TPSA) is 59.8 Å². The van der Waals surface area contributed by atoms with Gasteiger partial charge in [0.2, 0.25) is 5.91 Å². The Morgan fingerprint density at radius 1 is 1.32 bits per heavy atom. The molecule has 0 unspecified atom stereocenters. The highest BCUT2D eigenvalue weighted by molar-refractivity contribution is 9.10. The van der Waals surface area contributed by atoms with Gasteiger partial charge in [-0.15, -0.1) is 0 Å². The third-order valence-electron chi connectivity index (χ3n) is 3.44. The fourth-order valence-corrected chi connectivity index (χ4v) is 2.74. The molecule has 2 aromatic heterocycles. The molecule has 1 aromatic carbocycles. The fraction of sp³-hybridized carbons (Fsp3) is 0.188. The van der Waals surface area contributed by atoms with Crippen LogP contribution in [0.4, 0.5) is 0 Å². The van der Waals surface area contributed by atoms with Crippen molar-refractivity contribution in [1.29, 1.82) is 0 Å². The molecule has 5 nitrogen and oxygen atoms in total. The van der Waals surface area contributed by atoms with Crippen LogP contribution in [0.2, 0.25) is 0 Å². The van der Waals surface area contributed by atoms with E-state index >= 15 is 0 Å². The predicted molar refractivity (Wildman–Crippen MR) is 88.8 cm³/mol. The third kappa shape index (κ3) is 2.87. The number of carbonyl (C=O) groups is 1. The first-order valence-electron chi connectivity index (χ1n) is 6.91. The molecule has 0 saturated carbocycles. The third-order valence-corrected chi connectivity index (χ3v) is 3.88. The molecule has 0 aliphatic carbocycles. The van der Waals surface area contributed by atoms with Gasteiger partial charge in [0.25, 0.3) is 0 Å². The maximum absolute atomic E-state index is 11.2. The van der Waals surface area contributed by atoms with Crippen molar-refractivity contribution in [3.63, 3.8) is 0 Å². The molecule has 0 aliphatic rings. The quantitative estimate of drug-likeness (QED) is 0.730. The van der Waals surface area contributed by atoms with Crippen molar-refractivity contribution in [2.45, 2.75) is 19.9 Å². The Hall–Kier alpha value is -2.21. The molecule has 2 heterocycles. The van der Waals surface area contributed by atoms with E-state index in [1.54, 1.807) is 6.33 Å². The first-order chi connectivity index (χ1) is 10.5. The van der Waals surface area contributed by atoms with Crippen molar-refractivity contribution < 1.29 is 4.79 Å². The Bertz CT molecular complexity index is 843. The monoisotopic (exact) mass is 358 g/mol. The van der Waals surface area contributed by atoms with Crippen LogP contribution in [0.3, 0.4) is 0 Å². The number of benzene rings is 1. The van der Waals surface area contributed by atoms with Crippen LogP contribution in [0.15, 0.2) is 47.3 Å². The summed E-state index contributed by atoms with van der Waals surface area (Å²) in [6.07, 6.45) is 1.76. The van der Waals surface area contributed by atoms with Gasteiger partial charge in [0.1, 0.15) is 16.7 Å². The Kier molecular flexibility index (Phi) is 3.94. The van der Waals surface area contributed by atoms with Crippen LogP contribution < -0.4 is 5.32 Å². The van der Waals surface area contributed by atoms with E-state index in [0.717, 1.165) is 27.0 Å². The summed E-state index contributed by atoms with van der Waals surface area (Å²) in [5, 5.41) is 2.88. The van der Waals surface area contributed by atoms with Gasteiger partial charge in [-0.25, -0.2) is 9.97 Å². The Balaban J connectivity index is 2.01. The molecule has 1 N–H and O–H groups in total. The van der Waals surface area contributed by atoms with Crippen molar-refractivity contribution in [2.24, 2.45) is 0 Å². The lowest BCUT2D eigenvalue weighted by Gasteiger charge is -2.12. The van der Waals surface area contributed by atoms with Crippen molar-refractivity contribution >= 4 is 32.9 Å². The summed E-state index contributed by atoms with van der Waals surface area (Å²) in [6.45, 7) is 3.47. The molecule has 0 aliphatic heterocycles. The number of hydrogen-bond donors (Lipinski definition) is 1. The van der Waals surface area contributed by atoms with Crippen molar-refractivity contribution in [2.75, 3.05) is 0 Å². The van der Waals surface area contributed by atoms with Crippen molar-refractivity contribution in [3.05, 3.63) is 52.9 Å². The van der Waals surface area contributed by atoms with Crippen LogP contribution in [0.25, 0.3) is 16.9 Å². The number of imidazole rings is 1. The lowest BCUT2D eigenvalue weighted by molar-refractivity contribution is -0.119. The van der Waals surface area contributed by atoms with E-state index in [-0.39, 0.29) is 11.9 Å². The zero-order valence-corrected chi connectivity index (χ0v) is 13.8. The predicted octanol–water partition coefficient (Wildman–Crippen LogP) is 3.38. The summed E-state index contributed by atoms with van der Waals surface area (Å²) in [7, 11) is 0. The molecule has 0 spiro atoms. The first-order valence-corrected chi connectivity index (χ1v) is 7.71. The second kappa shape index (κ2) is 5.88. The van der Waals surface area contributed by atoms with Gasteiger partial charge in [-0.3, -0.25) is 9.36 Å². The van der Waals surface area contributed by atoms with Gasteiger partial charge in [0.15, 0.2) is 0 Å². The summed E-state index contributed by atoms with van der Waals surface area (Å²) >= 11 is 3.38. The fourth-order valence-electron chi connectivity index (χ4n) is 2.40. The first kappa shape index (κ1) is 14.7. The van der Waals surface area contributed by atoms with E-state index in [1.165, 1.54) is 6.92 Å². The molecular weight excluding hydrogens is 344 g/mol. The average Bonchev–Trinajstić information content (AvgIpc) is 2.89. The zero-order chi connectivity index (χ0) is 15.7. The standard InChI is InChI=1S/C16H15BrN4O/c1-10(19-11(2)22)12-6-7-14-13(8-12)18-9-21(14)16-5-3-4-15(17)20-16/h3-10H,1-2H3,(H,19,22)/t10-/m1/s1. The molecule has 3 rings (SSSR count). The maximum Gasteiger partial charge on any atom is 0.217 e. The van der Waals surface area contributed by atoms with Gasteiger partial charge in [-0.05, 0) is 52.7 Å². The van der Waals surface area contributed by atoms with E-state index in [2.05, 4.69) is 31.2 Å². The highest BCUT2D eigenvalue weighted by Crippen LogP contribution is 2.22. The van der Waals surface area contributed by atoms with Gasteiger partial charge in [0, 0.05) is 6.92 Å². The van der Waals surface area contributed by atoms with Gasteiger partial charge >= 0.3 is 0 Å². The summed E-state index contributed by atoms with van der Waals surface area (Å²) in [5.41, 5.74) is 2.87. The molecule has 3 aromatic rings. The number of hydrogen-bond acceptors (Lipinski definition) is 3. The van der Waals surface area contributed by atoms with E-state index < -0.39 is 0 Å². The second-order valence-corrected chi connectivity index (χ2v) is 5.92. The normalized spacial score (nSPS) is 12.3. The van der Waals surface area contributed by atoms with E-state index in [0.29, 0.717) is 0 Å². The number of amides is 1. The number of rotatable bonds is 3. The number of pyridine rings is 1. The van der Waals surface area contributed by atoms with Crippen LogP contribution in [0.1, 0.15) is 25.5 Å². The Morgan fingerprint density at radius 3 is 2.86 bits per heavy atom. The SMILES string of the molecule is CC(=O)N[C@H](C)c1ccc2c(c1)ncn2-c1cccc(Br)n1. The molecule has 112 valence electrons. The lowest BCUT2D eigenvalue weighted by atomic mass is 10.1. The van der Waals surface area contributed by atoms with Crippen LogP contribution in [-0.2, 0) is 4.79 Å². The lowest BCUT2D eigenvalue weighted by Crippen LogP contribution is -2.23. The minimum Gasteiger partial charge on any atom is -0.350 e. The number of nitrogens with one attached hydrogen (secondary N) is 1. The second-order valence-electron chi connectivity index (χ2n) is 5.10. The number of fused-ring (bicyclic) bond motifs is 1. The highest BCUT2D eigenvalue weighted by atomic mass is 79.9. The molecular formula is C16H15BrN4O. The average molecular weight is 359 g/mol. The summed E-state index contributed by atoms with van der Waals surface area (Å²) in [4.78, 5) is 20.1. The van der Waals surface area contributed by atoms with Crippen molar-refractivity contribution in [3.8, 4) is 5.82 Å². The van der Waals surface area contributed by atoms with Crippen LogP contribution in [0, 0.1) is 0 Å². The van der Waals surface area contributed by atoms with Gasteiger partial charge in [-0.2, -0.15) is 0 Å². The molecule has 1 amide bonds. The van der Waals surface area contributed by atoms with E-state index in [9.17, 15) is 4.79 Å². The van der Waals surface area contributed by atoms with Crippen LogP contribution in [0.5, 0.6) is 0 Å². The Morgan fingerprint density at radius 2 is 2.14 bits per heavy atom. The number of aromatic nitrogens is 3. The molecule has 6 heteroatoms. The molecule has 0 radical (unpaired) electrons. The minimum atomic E-state index is -0.0453. The van der Waals surface area contributed by atoms with Crippen molar-refractivity contribution in [1.82, 2.24) is 19.9 Å². The molecule has 1 atom stereocenters. The van der Waals surface area contributed by atoms with E-state index in [4.69, 9.17) is 0 Å². The highest BCUT2D eigenvalue weighted by Gasteiger charge is 2.11. The molecule has 0 fully saturated rings. The van der Waals surface area contributed by atoms with E-state index in [1.807, 2.05) is 47.9 Å². The molecule has 0 bridgehead atoms.